The van der Waals surface area contributed by atoms with Gasteiger partial charge in [0.25, 0.3) is 0 Å². The third kappa shape index (κ3) is 4.16. The molecule has 2 aromatic rings. The van der Waals surface area contributed by atoms with Gasteiger partial charge in [0.2, 0.25) is 5.88 Å². The van der Waals surface area contributed by atoms with Gasteiger partial charge >= 0.3 is 0 Å². The summed E-state index contributed by atoms with van der Waals surface area (Å²) in [6.07, 6.45) is 2.52. The van der Waals surface area contributed by atoms with Gasteiger partial charge in [-0.1, -0.05) is 12.1 Å². The van der Waals surface area contributed by atoms with Crippen LogP contribution in [-0.2, 0) is 6.54 Å². The van der Waals surface area contributed by atoms with Gasteiger partial charge in [-0.25, -0.2) is 9.37 Å². The number of halogens is 1. The average molecular weight is 289 g/mol. The summed E-state index contributed by atoms with van der Waals surface area (Å²) in [4.78, 5) is 6.27. The lowest BCUT2D eigenvalue weighted by molar-refractivity contribution is 0.392. The number of nitrogens with two attached hydrogens (primary N) is 1. The second-order valence-corrected chi connectivity index (χ2v) is 4.72. The minimum absolute atomic E-state index is 0.247. The molecule has 5 heteroatoms. The highest BCUT2D eigenvalue weighted by atomic mass is 19.1. The molecule has 2 N–H and O–H groups in total. The Labute approximate surface area is 124 Å². The molecular weight excluding hydrogens is 269 g/mol. The van der Waals surface area contributed by atoms with Crippen molar-refractivity contribution in [2.24, 2.45) is 5.73 Å². The zero-order valence-electron chi connectivity index (χ0n) is 12.1. The topological polar surface area (TPSA) is 51.4 Å². The van der Waals surface area contributed by atoms with Crippen molar-refractivity contribution in [2.45, 2.75) is 13.0 Å². The van der Waals surface area contributed by atoms with E-state index in [4.69, 9.17) is 10.5 Å². The molecule has 4 nitrogen and oxygen atoms in total. The van der Waals surface area contributed by atoms with Gasteiger partial charge in [-0.05, 0) is 37.2 Å². The van der Waals surface area contributed by atoms with Crippen LogP contribution in [0.15, 0.2) is 42.6 Å². The van der Waals surface area contributed by atoms with Gasteiger partial charge in [-0.3, -0.25) is 0 Å². The molecule has 0 aliphatic heterocycles. The lowest BCUT2D eigenvalue weighted by atomic mass is 10.2. The number of hydrogen-bond acceptors (Lipinski definition) is 4. The number of benzene rings is 1. The molecule has 1 heterocycles. The number of aromatic nitrogens is 1. The van der Waals surface area contributed by atoms with Gasteiger partial charge in [0, 0.05) is 30.5 Å². The Morgan fingerprint density at radius 1 is 1.29 bits per heavy atom. The summed E-state index contributed by atoms with van der Waals surface area (Å²) in [7, 11) is 1.60. The van der Waals surface area contributed by atoms with Gasteiger partial charge in [0.15, 0.2) is 0 Å². The normalized spacial score (nSPS) is 10.4. The van der Waals surface area contributed by atoms with Gasteiger partial charge < -0.3 is 15.4 Å². The third-order valence-electron chi connectivity index (χ3n) is 3.21. The number of methoxy groups -OCH3 is 1. The maximum Gasteiger partial charge on any atom is 0.218 e. The molecule has 0 bridgehead atoms. The van der Waals surface area contributed by atoms with Crippen LogP contribution in [0.3, 0.4) is 0 Å². The minimum atomic E-state index is -0.247. The molecule has 0 aliphatic rings. The smallest absolute Gasteiger partial charge is 0.218 e. The maximum atomic E-state index is 13.4. The van der Waals surface area contributed by atoms with E-state index in [1.54, 1.807) is 19.4 Å². The van der Waals surface area contributed by atoms with E-state index in [2.05, 4.69) is 9.88 Å². The van der Waals surface area contributed by atoms with Crippen molar-refractivity contribution in [3.63, 3.8) is 0 Å². The van der Waals surface area contributed by atoms with Gasteiger partial charge in [-0.15, -0.1) is 0 Å². The maximum absolute atomic E-state index is 13.4. The highest BCUT2D eigenvalue weighted by Gasteiger charge is 2.11. The van der Waals surface area contributed by atoms with E-state index in [-0.39, 0.29) is 5.82 Å². The Hall–Kier alpha value is -2.14. The summed E-state index contributed by atoms with van der Waals surface area (Å²) < 4.78 is 18.7. The fraction of sp³-hybridized carbons (Fsp3) is 0.312. The largest absolute Gasteiger partial charge is 0.481 e. The minimum Gasteiger partial charge on any atom is -0.481 e. The zero-order valence-corrected chi connectivity index (χ0v) is 12.1. The molecule has 112 valence electrons. The lowest BCUT2D eigenvalue weighted by Gasteiger charge is -2.25. The van der Waals surface area contributed by atoms with Crippen molar-refractivity contribution in [3.8, 4) is 5.88 Å². The van der Waals surface area contributed by atoms with Crippen molar-refractivity contribution < 1.29 is 9.13 Å². The predicted octanol–water partition coefficient (Wildman–Crippen LogP) is 2.58. The first-order valence-corrected chi connectivity index (χ1v) is 6.93. The molecule has 0 spiro atoms. The molecular formula is C16H20FN3O. The molecule has 2 rings (SSSR count). The molecule has 1 aromatic carbocycles. The van der Waals surface area contributed by atoms with Crippen LogP contribution < -0.4 is 15.4 Å². The second-order valence-electron chi connectivity index (χ2n) is 4.72. The van der Waals surface area contributed by atoms with E-state index in [1.807, 2.05) is 18.2 Å². The van der Waals surface area contributed by atoms with Crippen LogP contribution in [0.1, 0.15) is 12.0 Å². The number of rotatable bonds is 7. The van der Waals surface area contributed by atoms with Crippen molar-refractivity contribution in [3.05, 3.63) is 54.0 Å². The number of hydrogen-bond donors (Lipinski definition) is 1. The van der Waals surface area contributed by atoms with Crippen LogP contribution in [0.4, 0.5) is 10.1 Å². The van der Waals surface area contributed by atoms with E-state index < -0.39 is 0 Å². The van der Waals surface area contributed by atoms with Crippen LogP contribution in [0.25, 0.3) is 0 Å². The predicted molar refractivity (Wildman–Crippen MR) is 81.9 cm³/mol. The zero-order chi connectivity index (χ0) is 15.1. The fourth-order valence-corrected chi connectivity index (χ4v) is 2.19. The molecule has 0 radical (unpaired) electrons. The Morgan fingerprint density at radius 2 is 2.14 bits per heavy atom. The molecule has 0 fully saturated rings. The molecule has 0 saturated carbocycles. The summed E-state index contributed by atoms with van der Waals surface area (Å²) >= 11 is 0. The molecule has 0 atom stereocenters. The number of anilines is 1. The summed E-state index contributed by atoms with van der Waals surface area (Å²) in [5.74, 6) is 0.343. The Morgan fingerprint density at radius 3 is 2.86 bits per heavy atom. The first-order valence-electron chi connectivity index (χ1n) is 6.93. The van der Waals surface area contributed by atoms with E-state index in [0.29, 0.717) is 19.0 Å². The van der Waals surface area contributed by atoms with Crippen molar-refractivity contribution in [1.29, 1.82) is 0 Å². The second kappa shape index (κ2) is 7.59. The van der Waals surface area contributed by atoms with Crippen molar-refractivity contribution in [2.75, 3.05) is 25.1 Å². The molecule has 0 aliphatic carbocycles. The summed E-state index contributed by atoms with van der Waals surface area (Å²) in [5, 5.41) is 0. The van der Waals surface area contributed by atoms with E-state index in [0.717, 1.165) is 24.2 Å². The average Bonchev–Trinajstić information content (AvgIpc) is 2.51. The molecule has 1 aromatic heterocycles. The Bertz CT molecular complexity index is 577. The van der Waals surface area contributed by atoms with Crippen LogP contribution in [0.5, 0.6) is 5.88 Å². The van der Waals surface area contributed by atoms with E-state index in [1.165, 1.54) is 12.1 Å². The van der Waals surface area contributed by atoms with Crippen LogP contribution >= 0.6 is 0 Å². The Kier molecular flexibility index (Phi) is 5.51. The van der Waals surface area contributed by atoms with Crippen LogP contribution in [-0.4, -0.2) is 25.2 Å². The van der Waals surface area contributed by atoms with E-state index in [9.17, 15) is 4.39 Å². The van der Waals surface area contributed by atoms with Crippen LogP contribution in [0.2, 0.25) is 0 Å². The highest BCUT2D eigenvalue weighted by Crippen LogP contribution is 2.22. The first kappa shape index (κ1) is 15.3. The molecule has 0 unspecified atom stereocenters. The summed E-state index contributed by atoms with van der Waals surface area (Å²) in [5.41, 5.74) is 7.38. The van der Waals surface area contributed by atoms with Gasteiger partial charge in [-0.2, -0.15) is 0 Å². The summed E-state index contributed by atoms with van der Waals surface area (Å²) in [6.45, 7) is 1.94. The lowest BCUT2D eigenvalue weighted by Crippen LogP contribution is -2.26. The number of pyridine rings is 1. The molecule has 0 saturated heterocycles. The van der Waals surface area contributed by atoms with Crippen molar-refractivity contribution >= 4 is 5.69 Å². The summed E-state index contributed by atoms with van der Waals surface area (Å²) in [6, 6.07) is 10.4. The fourth-order valence-electron chi connectivity index (χ4n) is 2.19. The third-order valence-corrected chi connectivity index (χ3v) is 3.21. The standard InChI is InChI=1S/C16H20FN3O/c1-21-16-13(5-3-9-19-16)12-20(10-4-8-18)15-7-2-6-14(17)11-15/h2-3,5-7,9,11H,4,8,10,12,18H2,1H3. The SMILES string of the molecule is COc1ncccc1CN(CCCN)c1cccc(F)c1. The first-order chi connectivity index (χ1) is 10.2. The number of ether oxygens (including phenoxy) is 1. The van der Waals surface area contributed by atoms with E-state index >= 15 is 0 Å². The Balaban J connectivity index is 2.24. The van der Waals surface area contributed by atoms with Crippen molar-refractivity contribution in [1.82, 2.24) is 4.98 Å². The molecule has 0 amide bonds. The quantitative estimate of drug-likeness (QED) is 0.851. The van der Waals surface area contributed by atoms with Crippen LogP contribution in [0, 0.1) is 5.82 Å². The number of nitrogens with zero attached hydrogens (tertiary/aromatic N) is 2. The van der Waals surface area contributed by atoms with Gasteiger partial charge in [0.05, 0.1) is 7.11 Å². The highest BCUT2D eigenvalue weighted by molar-refractivity contribution is 5.47. The molecule has 21 heavy (non-hydrogen) atoms. The monoisotopic (exact) mass is 289 g/mol. The van der Waals surface area contributed by atoms with Gasteiger partial charge in [0.1, 0.15) is 5.82 Å².